The largest absolute Gasteiger partial charge is 0.329 e. The molecule has 3 atom stereocenters. The van der Waals surface area contributed by atoms with Gasteiger partial charge in [0.15, 0.2) is 0 Å². The Hall–Kier alpha value is -0.0800. The highest BCUT2D eigenvalue weighted by Crippen LogP contribution is 2.39. The second-order valence-electron chi connectivity index (χ2n) is 6.65. The quantitative estimate of drug-likeness (QED) is 0.834. The van der Waals surface area contributed by atoms with Crippen LogP contribution >= 0.6 is 0 Å². The fraction of sp³-hybridized carbons (Fsp3) is 1.00. The van der Waals surface area contributed by atoms with Gasteiger partial charge in [0.1, 0.15) is 0 Å². The van der Waals surface area contributed by atoms with Crippen LogP contribution in [-0.2, 0) is 0 Å². The summed E-state index contributed by atoms with van der Waals surface area (Å²) in [7, 11) is 0. The average Bonchev–Trinajstić information content (AvgIpc) is 2.65. The molecule has 2 rings (SSSR count). The van der Waals surface area contributed by atoms with Gasteiger partial charge in [-0.15, -0.1) is 0 Å². The third kappa shape index (κ3) is 2.75. The molecule has 1 saturated heterocycles. The van der Waals surface area contributed by atoms with Crippen LogP contribution in [0.3, 0.4) is 0 Å². The number of nitrogens with zero attached hydrogens (tertiary/aromatic N) is 1. The first-order valence-electron chi connectivity index (χ1n) is 8.18. The molecule has 1 aliphatic heterocycles. The van der Waals surface area contributed by atoms with Crippen LogP contribution in [0, 0.1) is 11.8 Å². The van der Waals surface area contributed by atoms with Gasteiger partial charge in [-0.1, -0.05) is 33.1 Å². The summed E-state index contributed by atoms with van der Waals surface area (Å²) in [6.07, 6.45) is 11.1. The van der Waals surface area contributed by atoms with Crippen molar-refractivity contribution < 1.29 is 0 Å². The molecule has 106 valence electrons. The first-order chi connectivity index (χ1) is 8.73. The van der Waals surface area contributed by atoms with Gasteiger partial charge in [0.2, 0.25) is 0 Å². The van der Waals surface area contributed by atoms with E-state index >= 15 is 0 Å². The van der Waals surface area contributed by atoms with Crippen molar-refractivity contribution in [3.05, 3.63) is 0 Å². The zero-order chi connectivity index (χ0) is 13.0. The minimum Gasteiger partial charge on any atom is -0.329 e. The molecule has 0 aromatic heterocycles. The highest BCUT2D eigenvalue weighted by atomic mass is 15.2. The molecule has 2 nitrogen and oxygen atoms in total. The molecule has 1 saturated carbocycles. The molecule has 2 fully saturated rings. The van der Waals surface area contributed by atoms with Gasteiger partial charge in [-0.2, -0.15) is 0 Å². The number of nitrogens with two attached hydrogens (primary N) is 1. The van der Waals surface area contributed by atoms with Crippen molar-refractivity contribution in [3.63, 3.8) is 0 Å². The van der Waals surface area contributed by atoms with Crippen molar-refractivity contribution in [2.45, 2.75) is 70.8 Å². The maximum absolute atomic E-state index is 6.24. The maximum Gasteiger partial charge on any atom is 0.0357 e. The Balaban J connectivity index is 2.06. The highest BCUT2D eigenvalue weighted by Gasteiger charge is 2.42. The van der Waals surface area contributed by atoms with Crippen molar-refractivity contribution in [2.24, 2.45) is 17.6 Å². The Kier molecular flexibility index (Phi) is 5.08. The normalized spacial score (nSPS) is 39.5. The summed E-state index contributed by atoms with van der Waals surface area (Å²) in [4.78, 5) is 2.78. The summed E-state index contributed by atoms with van der Waals surface area (Å²) >= 11 is 0. The Labute approximate surface area is 113 Å². The lowest BCUT2D eigenvalue weighted by molar-refractivity contribution is 0.0149. The minimum absolute atomic E-state index is 0.334. The number of hydrogen-bond donors (Lipinski definition) is 1. The van der Waals surface area contributed by atoms with E-state index in [1.165, 1.54) is 64.5 Å². The van der Waals surface area contributed by atoms with Gasteiger partial charge in [0.25, 0.3) is 0 Å². The van der Waals surface area contributed by atoms with Crippen LogP contribution in [0.2, 0.25) is 0 Å². The van der Waals surface area contributed by atoms with Crippen LogP contribution in [0.15, 0.2) is 0 Å². The van der Waals surface area contributed by atoms with Crippen molar-refractivity contribution in [2.75, 3.05) is 19.6 Å². The van der Waals surface area contributed by atoms with E-state index in [9.17, 15) is 0 Å². The summed E-state index contributed by atoms with van der Waals surface area (Å²) in [6.45, 7) is 8.24. The average molecular weight is 252 g/mol. The fourth-order valence-electron chi connectivity index (χ4n) is 4.32. The van der Waals surface area contributed by atoms with Crippen molar-refractivity contribution in [1.82, 2.24) is 4.90 Å². The highest BCUT2D eigenvalue weighted by molar-refractivity contribution is 4.99. The lowest BCUT2D eigenvalue weighted by Crippen LogP contribution is -2.59. The summed E-state index contributed by atoms with van der Waals surface area (Å²) in [5.41, 5.74) is 6.57. The van der Waals surface area contributed by atoms with Crippen molar-refractivity contribution in [1.29, 1.82) is 0 Å². The van der Waals surface area contributed by atoms with Gasteiger partial charge in [-0.05, 0) is 57.0 Å². The molecule has 0 aromatic carbocycles. The summed E-state index contributed by atoms with van der Waals surface area (Å²) in [5.74, 6) is 1.75. The molecule has 0 aromatic rings. The zero-order valence-corrected chi connectivity index (χ0v) is 12.5. The monoisotopic (exact) mass is 252 g/mol. The molecule has 0 radical (unpaired) electrons. The number of hydrogen-bond acceptors (Lipinski definition) is 2. The van der Waals surface area contributed by atoms with Gasteiger partial charge >= 0.3 is 0 Å². The van der Waals surface area contributed by atoms with Crippen LogP contribution in [0.1, 0.15) is 65.2 Å². The molecular formula is C16H32N2. The first kappa shape index (κ1) is 14.3. The van der Waals surface area contributed by atoms with Gasteiger partial charge in [-0.3, -0.25) is 4.90 Å². The van der Waals surface area contributed by atoms with Crippen LogP contribution in [0.5, 0.6) is 0 Å². The van der Waals surface area contributed by atoms with E-state index in [0.29, 0.717) is 5.54 Å². The lowest BCUT2D eigenvalue weighted by Gasteiger charge is -2.50. The molecular weight excluding hydrogens is 220 g/mol. The molecule has 0 spiro atoms. The summed E-state index contributed by atoms with van der Waals surface area (Å²) in [5, 5.41) is 0. The van der Waals surface area contributed by atoms with Crippen LogP contribution in [0.25, 0.3) is 0 Å². The topological polar surface area (TPSA) is 29.3 Å². The number of likely N-dealkylation sites (tertiary alicyclic amines) is 1. The molecule has 1 heterocycles. The fourth-order valence-corrected chi connectivity index (χ4v) is 4.32. The first-order valence-corrected chi connectivity index (χ1v) is 8.18. The Morgan fingerprint density at radius 3 is 2.61 bits per heavy atom. The standard InChI is InChI=1S/C16H32N2/c1-3-15-8-6-11-18(12-9-15)16(13-17)10-5-4-7-14(16)2/h14-15H,3-13,17H2,1-2H3. The third-order valence-corrected chi connectivity index (χ3v) is 5.82. The van der Waals surface area contributed by atoms with Crippen molar-refractivity contribution in [3.8, 4) is 0 Å². The Bertz CT molecular complexity index is 253. The van der Waals surface area contributed by atoms with E-state index in [4.69, 9.17) is 5.73 Å². The second-order valence-corrected chi connectivity index (χ2v) is 6.65. The smallest absolute Gasteiger partial charge is 0.0357 e. The Morgan fingerprint density at radius 1 is 1.11 bits per heavy atom. The van der Waals surface area contributed by atoms with E-state index in [1.807, 2.05) is 0 Å². The maximum atomic E-state index is 6.24. The third-order valence-electron chi connectivity index (χ3n) is 5.82. The Morgan fingerprint density at radius 2 is 1.94 bits per heavy atom. The van der Waals surface area contributed by atoms with Crippen LogP contribution in [0.4, 0.5) is 0 Å². The SMILES string of the molecule is CCC1CCCN(C2(CN)CCCCC2C)CC1. The molecule has 1 aliphatic carbocycles. The molecule has 0 amide bonds. The zero-order valence-electron chi connectivity index (χ0n) is 12.5. The molecule has 2 N–H and O–H groups in total. The van der Waals surface area contributed by atoms with Gasteiger partial charge in [0, 0.05) is 12.1 Å². The minimum atomic E-state index is 0.334. The van der Waals surface area contributed by atoms with Crippen LogP contribution in [-0.4, -0.2) is 30.1 Å². The van der Waals surface area contributed by atoms with E-state index in [2.05, 4.69) is 18.7 Å². The van der Waals surface area contributed by atoms with E-state index in [-0.39, 0.29) is 0 Å². The van der Waals surface area contributed by atoms with E-state index < -0.39 is 0 Å². The lowest BCUT2D eigenvalue weighted by atomic mass is 9.72. The molecule has 3 unspecified atom stereocenters. The predicted octanol–water partition coefficient (Wildman–Crippen LogP) is 3.41. The number of rotatable bonds is 3. The summed E-state index contributed by atoms with van der Waals surface area (Å²) < 4.78 is 0. The van der Waals surface area contributed by atoms with Gasteiger partial charge in [0.05, 0.1) is 0 Å². The molecule has 18 heavy (non-hydrogen) atoms. The molecule has 0 bridgehead atoms. The van der Waals surface area contributed by atoms with Gasteiger partial charge in [-0.25, -0.2) is 0 Å². The second kappa shape index (κ2) is 6.38. The predicted molar refractivity (Wildman–Crippen MR) is 78.6 cm³/mol. The molecule has 2 aliphatic rings. The van der Waals surface area contributed by atoms with Crippen LogP contribution < -0.4 is 5.73 Å². The van der Waals surface area contributed by atoms with E-state index in [0.717, 1.165) is 18.4 Å². The summed E-state index contributed by atoms with van der Waals surface area (Å²) in [6, 6.07) is 0. The van der Waals surface area contributed by atoms with E-state index in [1.54, 1.807) is 0 Å². The van der Waals surface area contributed by atoms with Gasteiger partial charge < -0.3 is 5.73 Å². The van der Waals surface area contributed by atoms with Crippen molar-refractivity contribution >= 4 is 0 Å². The molecule has 2 heteroatoms.